The minimum Gasteiger partial charge on any atom is -0.475 e. The van der Waals surface area contributed by atoms with E-state index in [0.717, 1.165) is 28.8 Å². The van der Waals surface area contributed by atoms with Crippen LogP contribution in [0.5, 0.6) is 0 Å². The number of aromatic carboxylic acids is 1. The summed E-state index contributed by atoms with van der Waals surface area (Å²) in [4.78, 5) is 10.5. The number of hydrogen-bond donors (Lipinski definition) is 1. The smallest absolute Gasteiger partial charge is 0.371 e. The standard InChI is InChI=1S/C10H14O3S2/c1-2-14-5-6-15-7-8-3-4-9(13-8)10(11)12/h3-4H,2,5-7H2,1H3,(H,11,12). The van der Waals surface area contributed by atoms with Crippen LogP contribution in [-0.4, -0.2) is 28.3 Å². The van der Waals surface area contributed by atoms with Gasteiger partial charge < -0.3 is 9.52 Å². The Hall–Kier alpha value is -0.550. The van der Waals surface area contributed by atoms with Crippen molar-refractivity contribution >= 4 is 29.5 Å². The molecule has 0 aliphatic heterocycles. The van der Waals surface area contributed by atoms with Crippen molar-refractivity contribution < 1.29 is 14.3 Å². The van der Waals surface area contributed by atoms with Crippen LogP contribution in [0.4, 0.5) is 0 Å². The van der Waals surface area contributed by atoms with Crippen molar-refractivity contribution in [1.82, 2.24) is 0 Å². The molecular formula is C10H14O3S2. The number of furan rings is 1. The normalized spacial score (nSPS) is 10.5. The molecule has 0 bridgehead atoms. The molecule has 0 saturated heterocycles. The molecule has 0 saturated carbocycles. The van der Waals surface area contributed by atoms with Crippen LogP contribution in [0.2, 0.25) is 0 Å². The Balaban J connectivity index is 2.23. The van der Waals surface area contributed by atoms with E-state index in [1.165, 1.54) is 6.07 Å². The molecule has 1 rings (SSSR count). The van der Waals surface area contributed by atoms with Crippen LogP contribution < -0.4 is 0 Å². The zero-order valence-corrected chi connectivity index (χ0v) is 10.2. The van der Waals surface area contributed by atoms with Gasteiger partial charge in [-0.15, -0.1) is 0 Å². The average molecular weight is 246 g/mol. The van der Waals surface area contributed by atoms with Gasteiger partial charge in [0, 0.05) is 11.5 Å². The molecule has 0 unspecified atom stereocenters. The quantitative estimate of drug-likeness (QED) is 0.750. The minimum absolute atomic E-state index is 0.0218. The maximum atomic E-state index is 10.5. The summed E-state index contributed by atoms with van der Waals surface area (Å²) in [7, 11) is 0. The lowest BCUT2D eigenvalue weighted by molar-refractivity contribution is 0.0661. The fourth-order valence-corrected chi connectivity index (χ4v) is 2.74. The predicted molar refractivity (Wildman–Crippen MR) is 64.8 cm³/mol. The Morgan fingerprint density at radius 1 is 1.40 bits per heavy atom. The van der Waals surface area contributed by atoms with Crippen molar-refractivity contribution in [2.45, 2.75) is 12.7 Å². The lowest BCUT2D eigenvalue weighted by Gasteiger charge is -1.97. The molecule has 0 aliphatic carbocycles. The van der Waals surface area contributed by atoms with Gasteiger partial charge in [0.05, 0.1) is 5.75 Å². The lowest BCUT2D eigenvalue weighted by atomic mass is 10.4. The molecular weight excluding hydrogens is 232 g/mol. The van der Waals surface area contributed by atoms with Crippen molar-refractivity contribution in [2.24, 2.45) is 0 Å². The molecule has 1 aromatic heterocycles. The maximum Gasteiger partial charge on any atom is 0.371 e. The fourth-order valence-electron chi connectivity index (χ4n) is 1.01. The van der Waals surface area contributed by atoms with Gasteiger partial charge in [-0.1, -0.05) is 6.92 Å². The molecule has 0 atom stereocenters. The number of carboxylic acids is 1. The topological polar surface area (TPSA) is 50.4 Å². The Labute approximate surface area is 97.6 Å². The van der Waals surface area contributed by atoms with Crippen molar-refractivity contribution in [2.75, 3.05) is 17.3 Å². The van der Waals surface area contributed by atoms with E-state index in [1.807, 2.05) is 11.8 Å². The number of carboxylic acid groups (broad SMARTS) is 1. The molecule has 0 fully saturated rings. The third kappa shape index (κ3) is 4.66. The molecule has 0 aliphatic rings. The van der Waals surface area contributed by atoms with Crippen LogP contribution in [0.15, 0.2) is 16.5 Å². The number of thioether (sulfide) groups is 2. The first-order valence-corrected chi connectivity index (χ1v) is 7.02. The summed E-state index contributed by atoms with van der Waals surface area (Å²) in [5.74, 6) is 3.84. The Morgan fingerprint density at radius 2 is 2.13 bits per heavy atom. The zero-order valence-electron chi connectivity index (χ0n) is 8.56. The second-order valence-corrected chi connectivity index (χ2v) is 5.32. The van der Waals surface area contributed by atoms with E-state index in [1.54, 1.807) is 17.8 Å². The molecule has 3 nitrogen and oxygen atoms in total. The van der Waals surface area contributed by atoms with E-state index in [4.69, 9.17) is 9.52 Å². The first kappa shape index (κ1) is 12.5. The van der Waals surface area contributed by atoms with Gasteiger partial charge in [-0.3, -0.25) is 0 Å². The summed E-state index contributed by atoms with van der Waals surface area (Å²) in [6.07, 6.45) is 0. The van der Waals surface area contributed by atoms with Gasteiger partial charge in [0.1, 0.15) is 5.76 Å². The summed E-state index contributed by atoms with van der Waals surface area (Å²) >= 11 is 3.67. The summed E-state index contributed by atoms with van der Waals surface area (Å²) in [6, 6.07) is 3.22. The third-order valence-corrected chi connectivity index (χ3v) is 3.83. The van der Waals surface area contributed by atoms with E-state index < -0.39 is 5.97 Å². The van der Waals surface area contributed by atoms with Gasteiger partial charge in [-0.25, -0.2) is 4.79 Å². The number of hydrogen-bond acceptors (Lipinski definition) is 4. The van der Waals surface area contributed by atoms with Crippen molar-refractivity contribution in [3.63, 3.8) is 0 Å². The van der Waals surface area contributed by atoms with Gasteiger partial charge in [0.15, 0.2) is 0 Å². The van der Waals surface area contributed by atoms with Crippen molar-refractivity contribution in [1.29, 1.82) is 0 Å². The summed E-state index contributed by atoms with van der Waals surface area (Å²) < 4.78 is 5.12. The van der Waals surface area contributed by atoms with Crippen LogP contribution in [0, 0.1) is 0 Å². The second kappa shape index (κ2) is 6.85. The zero-order chi connectivity index (χ0) is 11.1. The first-order chi connectivity index (χ1) is 7.24. The SMILES string of the molecule is CCSCCSCc1ccc(C(=O)O)o1. The van der Waals surface area contributed by atoms with Crippen LogP contribution in [-0.2, 0) is 5.75 Å². The molecule has 0 aromatic carbocycles. The molecule has 15 heavy (non-hydrogen) atoms. The molecule has 5 heteroatoms. The third-order valence-electron chi connectivity index (χ3n) is 1.69. The molecule has 0 spiro atoms. The van der Waals surface area contributed by atoms with Crippen molar-refractivity contribution in [3.8, 4) is 0 Å². The highest BCUT2D eigenvalue weighted by Crippen LogP contribution is 2.16. The van der Waals surface area contributed by atoms with E-state index in [0.29, 0.717) is 0 Å². The molecule has 0 radical (unpaired) electrons. The van der Waals surface area contributed by atoms with Gasteiger partial charge in [0.2, 0.25) is 5.76 Å². The Bertz CT molecular complexity index is 309. The van der Waals surface area contributed by atoms with Crippen molar-refractivity contribution in [3.05, 3.63) is 23.7 Å². The van der Waals surface area contributed by atoms with Gasteiger partial charge >= 0.3 is 5.97 Å². The van der Waals surface area contributed by atoms with Gasteiger partial charge in [0.25, 0.3) is 0 Å². The van der Waals surface area contributed by atoms with E-state index in [2.05, 4.69) is 6.92 Å². The predicted octanol–water partition coefficient (Wildman–Crippen LogP) is 2.96. The maximum absolute atomic E-state index is 10.5. The Kier molecular flexibility index (Phi) is 5.71. The fraction of sp³-hybridized carbons (Fsp3) is 0.500. The summed E-state index contributed by atoms with van der Waals surface area (Å²) in [6.45, 7) is 2.14. The summed E-state index contributed by atoms with van der Waals surface area (Å²) in [5, 5.41) is 8.64. The Morgan fingerprint density at radius 3 is 2.73 bits per heavy atom. The molecule has 1 N–H and O–H groups in total. The lowest BCUT2D eigenvalue weighted by Crippen LogP contribution is -1.92. The minimum atomic E-state index is -1.01. The van der Waals surface area contributed by atoms with E-state index in [9.17, 15) is 4.79 Å². The molecule has 0 amide bonds. The van der Waals surface area contributed by atoms with E-state index >= 15 is 0 Å². The monoisotopic (exact) mass is 246 g/mol. The second-order valence-electron chi connectivity index (χ2n) is 2.82. The largest absolute Gasteiger partial charge is 0.475 e. The van der Waals surface area contributed by atoms with Crippen LogP contribution >= 0.6 is 23.5 Å². The van der Waals surface area contributed by atoms with Crippen LogP contribution in [0.1, 0.15) is 23.2 Å². The van der Waals surface area contributed by atoms with Gasteiger partial charge in [-0.2, -0.15) is 23.5 Å². The van der Waals surface area contributed by atoms with Gasteiger partial charge in [-0.05, 0) is 17.9 Å². The highest BCUT2D eigenvalue weighted by Gasteiger charge is 2.08. The van der Waals surface area contributed by atoms with E-state index in [-0.39, 0.29) is 5.76 Å². The molecule has 1 heterocycles. The highest BCUT2D eigenvalue weighted by molar-refractivity contribution is 8.02. The number of rotatable bonds is 7. The summed E-state index contributed by atoms with van der Waals surface area (Å²) in [5.41, 5.74) is 0. The highest BCUT2D eigenvalue weighted by atomic mass is 32.2. The van der Waals surface area contributed by atoms with Crippen LogP contribution in [0.25, 0.3) is 0 Å². The first-order valence-electron chi connectivity index (χ1n) is 4.71. The van der Waals surface area contributed by atoms with Crippen LogP contribution in [0.3, 0.4) is 0 Å². The molecule has 1 aromatic rings. The average Bonchev–Trinajstić information content (AvgIpc) is 2.66. The number of carbonyl (C=O) groups is 1. The molecule has 84 valence electrons.